The number of para-hydroxylation sites is 1. The van der Waals surface area contributed by atoms with Gasteiger partial charge in [-0.25, -0.2) is 0 Å². The summed E-state index contributed by atoms with van der Waals surface area (Å²) in [4.78, 5) is 36.5. The van der Waals surface area contributed by atoms with E-state index in [4.69, 9.17) is 21.1 Å². The number of esters is 1. The van der Waals surface area contributed by atoms with Crippen LogP contribution < -0.4 is 10.1 Å². The number of hydrogen-bond acceptors (Lipinski definition) is 5. The van der Waals surface area contributed by atoms with E-state index in [-0.39, 0.29) is 12.4 Å². The molecule has 2 atom stereocenters. The molecule has 0 aliphatic carbocycles. The van der Waals surface area contributed by atoms with Crippen LogP contribution in [-0.4, -0.2) is 30.4 Å². The van der Waals surface area contributed by atoms with Crippen molar-refractivity contribution in [1.29, 1.82) is 0 Å². The lowest BCUT2D eigenvalue weighted by Crippen LogP contribution is -2.36. The maximum absolute atomic E-state index is 12.5. The molecule has 2 aromatic rings. The lowest BCUT2D eigenvalue weighted by Gasteiger charge is -2.25. The first-order chi connectivity index (χ1) is 13.3. The topological polar surface area (TPSA) is 81.7 Å². The highest BCUT2D eigenvalue weighted by molar-refractivity contribution is 6.30. The molecule has 0 saturated heterocycles. The van der Waals surface area contributed by atoms with Gasteiger partial charge in [0.2, 0.25) is 0 Å². The number of ketones is 1. The molecule has 6 nitrogen and oxygen atoms in total. The Morgan fingerprint density at radius 2 is 1.96 bits per heavy atom. The summed E-state index contributed by atoms with van der Waals surface area (Å²) in [6, 6.07) is 11.9. The third-order valence-electron chi connectivity index (χ3n) is 4.49. The highest BCUT2D eigenvalue weighted by atomic mass is 35.5. The molecule has 0 unspecified atom stereocenters. The van der Waals surface area contributed by atoms with Crippen LogP contribution in [0.1, 0.15) is 29.8 Å². The van der Waals surface area contributed by atoms with Crippen LogP contribution in [0.5, 0.6) is 5.75 Å². The van der Waals surface area contributed by atoms with Gasteiger partial charge < -0.3 is 14.8 Å². The number of nitrogens with one attached hydrogen (secondary N) is 1. The number of carbonyl (C=O) groups excluding carboxylic acids is 3. The second-order valence-electron chi connectivity index (χ2n) is 6.63. The van der Waals surface area contributed by atoms with E-state index in [0.29, 0.717) is 28.4 Å². The quantitative estimate of drug-likeness (QED) is 0.610. The van der Waals surface area contributed by atoms with Crippen LogP contribution in [0.4, 0.5) is 5.69 Å². The van der Waals surface area contributed by atoms with Crippen LogP contribution in [0, 0.1) is 5.92 Å². The maximum Gasteiger partial charge on any atom is 0.313 e. The molecule has 1 N–H and O–H groups in total. The lowest BCUT2D eigenvalue weighted by molar-refractivity contribution is -0.158. The Morgan fingerprint density at radius 1 is 1.21 bits per heavy atom. The Balaban J connectivity index is 1.61. The van der Waals surface area contributed by atoms with Crippen LogP contribution in [0.25, 0.3) is 0 Å². The molecule has 1 heterocycles. The van der Waals surface area contributed by atoms with Crippen molar-refractivity contribution in [3.63, 3.8) is 0 Å². The normalized spacial score (nSPS) is 16.3. The van der Waals surface area contributed by atoms with Gasteiger partial charge in [0.25, 0.3) is 5.91 Å². The summed E-state index contributed by atoms with van der Waals surface area (Å²) in [6.45, 7) is 3.08. The summed E-state index contributed by atoms with van der Waals surface area (Å²) in [7, 11) is 0. The minimum atomic E-state index is -1.02. The zero-order valence-electron chi connectivity index (χ0n) is 15.5. The molecule has 0 fully saturated rings. The molecule has 0 saturated carbocycles. The molecule has 1 amide bonds. The van der Waals surface area contributed by atoms with E-state index in [0.717, 1.165) is 5.56 Å². The smallest absolute Gasteiger partial charge is 0.313 e. The molecule has 1 aliphatic heterocycles. The van der Waals surface area contributed by atoms with Gasteiger partial charge >= 0.3 is 5.97 Å². The van der Waals surface area contributed by atoms with E-state index in [9.17, 15) is 14.4 Å². The first-order valence-corrected chi connectivity index (χ1v) is 9.25. The number of anilines is 1. The third kappa shape index (κ3) is 4.51. The Kier molecular flexibility index (Phi) is 5.99. The number of benzene rings is 2. The monoisotopic (exact) mass is 401 g/mol. The van der Waals surface area contributed by atoms with Crippen LogP contribution in [-0.2, 0) is 20.7 Å². The van der Waals surface area contributed by atoms with Crippen molar-refractivity contribution in [2.45, 2.75) is 26.4 Å². The summed E-state index contributed by atoms with van der Waals surface area (Å²) in [5, 5.41) is 3.20. The standard InChI is InChI=1S/C21H20ClNO5/c1-12(24)17-5-3-4-6-18(17)23-20(25)13(2)28-21(26)15-9-14-10-16(22)7-8-19(14)27-11-15/h3-8,10,13,15H,9,11H2,1-2H3,(H,23,25)/t13-,15-/m1/s1. The summed E-state index contributed by atoms with van der Waals surface area (Å²) in [6.07, 6.45) is -0.593. The number of fused-ring (bicyclic) bond motifs is 1. The average molecular weight is 402 g/mol. The van der Waals surface area contributed by atoms with Crippen molar-refractivity contribution < 1.29 is 23.9 Å². The minimum Gasteiger partial charge on any atom is -0.492 e. The molecule has 146 valence electrons. The Bertz CT molecular complexity index is 927. The van der Waals surface area contributed by atoms with Crippen LogP contribution in [0.2, 0.25) is 5.02 Å². The van der Waals surface area contributed by atoms with Crippen molar-refractivity contribution in [1.82, 2.24) is 0 Å². The van der Waals surface area contributed by atoms with Crippen LogP contribution in [0.3, 0.4) is 0 Å². The number of ether oxygens (including phenoxy) is 2. The van der Waals surface area contributed by atoms with Gasteiger partial charge in [-0.15, -0.1) is 0 Å². The van der Waals surface area contributed by atoms with E-state index in [1.54, 1.807) is 42.5 Å². The Morgan fingerprint density at radius 3 is 2.71 bits per heavy atom. The molecule has 7 heteroatoms. The molecule has 2 aromatic carbocycles. The number of carbonyl (C=O) groups is 3. The van der Waals surface area contributed by atoms with Crippen molar-refractivity contribution in [3.8, 4) is 5.75 Å². The molecular formula is C21H20ClNO5. The summed E-state index contributed by atoms with van der Waals surface area (Å²) >= 11 is 5.99. The first kappa shape index (κ1) is 19.9. The SMILES string of the molecule is CC(=O)c1ccccc1NC(=O)[C@@H](C)OC(=O)[C@H]1COc2ccc(Cl)cc2C1. The number of amides is 1. The average Bonchev–Trinajstić information content (AvgIpc) is 2.67. The van der Waals surface area contributed by atoms with E-state index >= 15 is 0 Å². The van der Waals surface area contributed by atoms with E-state index in [2.05, 4.69) is 5.32 Å². The molecular weight excluding hydrogens is 382 g/mol. The van der Waals surface area contributed by atoms with Gasteiger partial charge in [-0.05, 0) is 56.2 Å². The molecule has 0 spiro atoms. The molecule has 0 radical (unpaired) electrons. The van der Waals surface area contributed by atoms with Gasteiger partial charge in [0.05, 0.1) is 11.6 Å². The number of hydrogen-bond donors (Lipinski definition) is 1. The molecule has 28 heavy (non-hydrogen) atoms. The van der Waals surface area contributed by atoms with Crippen LogP contribution >= 0.6 is 11.6 Å². The van der Waals surface area contributed by atoms with E-state index < -0.39 is 23.9 Å². The largest absolute Gasteiger partial charge is 0.492 e. The van der Waals surface area contributed by atoms with E-state index in [1.165, 1.54) is 13.8 Å². The number of Topliss-reactive ketones (excluding diaryl/α,β-unsaturated/α-hetero) is 1. The fraction of sp³-hybridized carbons (Fsp3) is 0.286. The van der Waals surface area contributed by atoms with Crippen molar-refractivity contribution >= 4 is 34.9 Å². The van der Waals surface area contributed by atoms with Crippen LogP contribution in [0.15, 0.2) is 42.5 Å². The van der Waals surface area contributed by atoms with Crippen molar-refractivity contribution in [2.24, 2.45) is 5.92 Å². The second-order valence-corrected chi connectivity index (χ2v) is 7.07. The highest BCUT2D eigenvalue weighted by Gasteiger charge is 2.30. The van der Waals surface area contributed by atoms with Crippen molar-refractivity contribution in [3.05, 3.63) is 58.6 Å². The van der Waals surface area contributed by atoms with Gasteiger partial charge in [0.15, 0.2) is 11.9 Å². The van der Waals surface area contributed by atoms with Gasteiger partial charge in [0.1, 0.15) is 12.4 Å². The van der Waals surface area contributed by atoms with Gasteiger partial charge in [-0.2, -0.15) is 0 Å². The minimum absolute atomic E-state index is 0.169. The fourth-order valence-electron chi connectivity index (χ4n) is 2.97. The summed E-state index contributed by atoms with van der Waals surface area (Å²) in [5.41, 5.74) is 1.60. The number of halogens is 1. The summed E-state index contributed by atoms with van der Waals surface area (Å²) in [5.74, 6) is -1.03. The van der Waals surface area contributed by atoms with Gasteiger partial charge in [-0.1, -0.05) is 23.7 Å². The predicted octanol–water partition coefficient (Wildman–Crippen LogP) is 3.66. The molecule has 0 aromatic heterocycles. The van der Waals surface area contributed by atoms with Crippen molar-refractivity contribution in [2.75, 3.05) is 11.9 Å². The van der Waals surface area contributed by atoms with Gasteiger partial charge in [0, 0.05) is 10.6 Å². The zero-order valence-corrected chi connectivity index (χ0v) is 16.3. The zero-order chi connectivity index (χ0) is 20.3. The lowest BCUT2D eigenvalue weighted by atomic mass is 9.97. The highest BCUT2D eigenvalue weighted by Crippen LogP contribution is 2.30. The predicted molar refractivity (Wildman–Crippen MR) is 105 cm³/mol. The molecule has 3 rings (SSSR count). The summed E-state index contributed by atoms with van der Waals surface area (Å²) < 4.78 is 10.9. The van der Waals surface area contributed by atoms with Gasteiger partial charge in [-0.3, -0.25) is 14.4 Å². The Labute approximate surface area is 167 Å². The molecule has 0 bridgehead atoms. The second kappa shape index (κ2) is 8.44. The Hall–Kier alpha value is -2.86. The maximum atomic E-state index is 12.5. The number of rotatable bonds is 5. The fourth-order valence-corrected chi connectivity index (χ4v) is 3.17. The third-order valence-corrected chi connectivity index (χ3v) is 4.72. The van der Waals surface area contributed by atoms with E-state index in [1.807, 2.05) is 0 Å². The molecule has 1 aliphatic rings. The first-order valence-electron chi connectivity index (χ1n) is 8.87.